The average Bonchev–Trinajstić information content (AvgIpc) is 2.84. The van der Waals surface area contributed by atoms with Crippen LogP contribution in [0.15, 0.2) is 0 Å². The summed E-state index contributed by atoms with van der Waals surface area (Å²) in [6.45, 7) is 0.928. The predicted molar refractivity (Wildman–Crippen MR) is 75.8 cm³/mol. The maximum absolute atomic E-state index is 12.1. The van der Waals surface area contributed by atoms with Crippen molar-refractivity contribution in [1.82, 2.24) is 5.32 Å². The summed E-state index contributed by atoms with van der Waals surface area (Å²) >= 11 is 0. The molecule has 1 atom stereocenters. The summed E-state index contributed by atoms with van der Waals surface area (Å²) in [5.74, 6) is -1.01. The zero-order valence-electron chi connectivity index (χ0n) is 12.4. The van der Waals surface area contributed by atoms with Crippen molar-refractivity contribution in [1.29, 1.82) is 0 Å². The molecule has 0 radical (unpaired) electrons. The van der Waals surface area contributed by atoms with Crippen LogP contribution in [0, 0.1) is 5.41 Å². The first-order chi connectivity index (χ1) is 9.93. The first kappa shape index (κ1) is 16.2. The van der Waals surface area contributed by atoms with Gasteiger partial charge in [0.15, 0.2) is 0 Å². The second kappa shape index (κ2) is 6.75. The average molecular weight is 299 g/mol. The van der Waals surface area contributed by atoms with Crippen LogP contribution in [-0.2, 0) is 14.3 Å². The third kappa shape index (κ3) is 4.68. The van der Waals surface area contributed by atoms with Crippen LogP contribution < -0.4 is 5.32 Å². The zero-order valence-corrected chi connectivity index (χ0v) is 12.4. The third-order valence-electron chi connectivity index (χ3n) is 4.67. The molecule has 6 nitrogen and oxygen atoms in total. The zero-order chi connectivity index (χ0) is 15.3. The van der Waals surface area contributed by atoms with Crippen LogP contribution in [0.2, 0.25) is 0 Å². The Bertz CT molecular complexity index is 384. The number of rotatable bonds is 6. The molecule has 1 saturated heterocycles. The van der Waals surface area contributed by atoms with Crippen molar-refractivity contribution in [3.05, 3.63) is 0 Å². The Kier molecular flexibility index (Phi) is 5.22. The largest absolute Gasteiger partial charge is 0.481 e. The van der Waals surface area contributed by atoms with Crippen molar-refractivity contribution in [2.24, 2.45) is 5.41 Å². The molecule has 1 heterocycles. The maximum Gasteiger partial charge on any atom is 0.303 e. The Labute approximate surface area is 124 Å². The van der Waals surface area contributed by atoms with Crippen molar-refractivity contribution in [2.75, 3.05) is 19.8 Å². The van der Waals surface area contributed by atoms with Crippen molar-refractivity contribution in [3.8, 4) is 0 Å². The lowest BCUT2D eigenvalue weighted by Gasteiger charge is -2.35. The number of hydrogen-bond acceptors (Lipinski definition) is 4. The van der Waals surface area contributed by atoms with Gasteiger partial charge in [0.2, 0.25) is 5.91 Å². The standard InChI is InChI=1S/C15H25NO5/c17-12(16-10-15(20)6-7-21-11-15)8-14(9-13(18)19)4-2-1-3-5-14/h20H,1-11H2,(H,16,17)(H,18,19). The Morgan fingerprint density at radius 2 is 1.81 bits per heavy atom. The molecule has 2 fully saturated rings. The van der Waals surface area contributed by atoms with Crippen molar-refractivity contribution in [3.63, 3.8) is 0 Å². The highest BCUT2D eigenvalue weighted by atomic mass is 16.5. The minimum absolute atomic E-state index is 0.0494. The van der Waals surface area contributed by atoms with Gasteiger partial charge < -0.3 is 20.3 Å². The molecule has 1 unspecified atom stereocenters. The van der Waals surface area contributed by atoms with E-state index in [2.05, 4.69) is 5.32 Å². The Morgan fingerprint density at radius 3 is 2.38 bits per heavy atom. The minimum Gasteiger partial charge on any atom is -0.481 e. The van der Waals surface area contributed by atoms with Gasteiger partial charge in [-0.15, -0.1) is 0 Å². The molecule has 1 amide bonds. The van der Waals surface area contributed by atoms with Gasteiger partial charge in [0.1, 0.15) is 5.60 Å². The first-order valence-electron chi connectivity index (χ1n) is 7.72. The van der Waals surface area contributed by atoms with Crippen LogP contribution in [0.3, 0.4) is 0 Å². The molecule has 6 heteroatoms. The summed E-state index contributed by atoms with van der Waals surface area (Å²) in [5.41, 5.74) is -1.38. The van der Waals surface area contributed by atoms with E-state index in [1.807, 2.05) is 0 Å². The monoisotopic (exact) mass is 299 g/mol. The van der Waals surface area contributed by atoms with E-state index in [4.69, 9.17) is 9.84 Å². The fourth-order valence-electron chi connectivity index (χ4n) is 3.44. The Morgan fingerprint density at radius 1 is 1.10 bits per heavy atom. The van der Waals surface area contributed by atoms with Crippen LogP contribution in [0.4, 0.5) is 0 Å². The van der Waals surface area contributed by atoms with E-state index in [9.17, 15) is 14.7 Å². The summed E-state index contributed by atoms with van der Waals surface area (Å²) in [6.07, 6.45) is 5.47. The topological polar surface area (TPSA) is 95.9 Å². The van der Waals surface area contributed by atoms with Gasteiger partial charge in [-0.25, -0.2) is 0 Å². The quantitative estimate of drug-likeness (QED) is 0.682. The van der Waals surface area contributed by atoms with Gasteiger partial charge in [0.25, 0.3) is 0 Å². The second-order valence-corrected chi connectivity index (χ2v) is 6.61. The lowest BCUT2D eigenvalue weighted by Crippen LogP contribution is -2.45. The minimum atomic E-state index is -0.970. The van der Waals surface area contributed by atoms with Gasteiger partial charge in [0, 0.05) is 26.0 Å². The summed E-state index contributed by atoms with van der Waals surface area (Å²) in [7, 11) is 0. The van der Waals surface area contributed by atoms with E-state index in [0.717, 1.165) is 32.1 Å². The number of amides is 1. The number of hydrogen-bond donors (Lipinski definition) is 3. The molecular weight excluding hydrogens is 274 g/mol. The molecule has 0 aromatic heterocycles. The highest BCUT2D eigenvalue weighted by Gasteiger charge is 2.37. The first-order valence-corrected chi connectivity index (χ1v) is 7.72. The van der Waals surface area contributed by atoms with E-state index in [1.165, 1.54) is 0 Å². The summed E-state index contributed by atoms with van der Waals surface area (Å²) in [5, 5.41) is 22.0. The molecule has 1 aliphatic heterocycles. The molecule has 0 bridgehead atoms. The molecule has 1 aliphatic carbocycles. The molecule has 2 aliphatic rings. The van der Waals surface area contributed by atoms with Crippen LogP contribution in [-0.4, -0.2) is 47.4 Å². The summed E-state index contributed by atoms with van der Waals surface area (Å²) in [6, 6.07) is 0. The highest BCUT2D eigenvalue weighted by molar-refractivity contribution is 5.78. The van der Waals surface area contributed by atoms with E-state index >= 15 is 0 Å². The normalized spacial score (nSPS) is 28.2. The number of carbonyl (C=O) groups is 2. The van der Waals surface area contributed by atoms with E-state index in [0.29, 0.717) is 13.0 Å². The fourth-order valence-corrected chi connectivity index (χ4v) is 3.44. The number of carbonyl (C=O) groups excluding carboxylic acids is 1. The van der Waals surface area contributed by atoms with Crippen molar-refractivity contribution >= 4 is 11.9 Å². The molecule has 120 valence electrons. The van der Waals surface area contributed by atoms with Gasteiger partial charge in [0.05, 0.1) is 13.0 Å². The van der Waals surface area contributed by atoms with Gasteiger partial charge in [-0.2, -0.15) is 0 Å². The molecule has 0 aromatic carbocycles. The summed E-state index contributed by atoms with van der Waals surface area (Å²) in [4.78, 5) is 23.2. The number of aliphatic hydroxyl groups is 1. The molecule has 0 spiro atoms. The van der Waals surface area contributed by atoms with Crippen molar-refractivity contribution in [2.45, 2.75) is 57.0 Å². The Hall–Kier alpha value is -1.14. The SMILES string of the molecule is O=C(O)CC1(CC(=O)NCC2(O)CCOC2)CCCCC1. The van der Waals surface area contributed by atoms with Gasteiger partial charge in [-0.3, -0.25) is 9.59 Å². The van der Waals surface area contributed by atoms with Crippen LogP contribution in [0.5, 0.6) is 0 Å². The van der Waals surface area contributed by atoms with Crippen LogP contribution in [0.1, 0.15) is 51.4 Å². The van der Waals surface area contributed by atoms with E-state index in [-0.39, 0.29) is 31.9 Å². The molecule has 21 heavy (non-hydrogen) atoms. The molecule has 2 rings (SSSR count). The van der Waals surface area contributed by atoms with E-state index in [1.54, 1.807) is 0 Å². The molecule has 0 aromatic rings. The predicted octanol–water partition coefficient (Wildman–Crippen LogP) is 1.07. The lowest BCUT2D eigenvalue weighted by atomic mass is 9.69. The lowest BCUT2D eigenvalue weighted by molar-refractivity contribution is -0.141. The Balaban J connectivity index is 1.87. The fraction of sp³-hybridized carbons (Fsp3) is 0.867. The van der Waals surface area contributed by atoms with Crippen LogP contribution >= 0.6 is 0 Å². The smallest absolute Gasteiger partial charge is 0.303 e. The second-order valence-electron chi connectivity index (χ2n) is 6.61. The van der Waals surface area contributed by atoms with Crippen molar-refractivity contribution < 1.29 is 24.5 Å². The van der Waals surface area contributed by atoms with Crippen LogP contribution in [0.25, 0.3) is 0 Å². The molecule has 1 saturated carbocycles. The van der Waals surface area contributed by atoms with E-state index < -0.39 is 17.0 Å². The number of nitrogens with one attached hydrogen (secondary N) is 1. The number of carboxylic acids is 1. The molecule has 3 N–H and O–H groups in total. The highest BCUT2D eigenvalue weighted by Crippen LogP contribution is 2.42. The van der Waals surface area contributed by atoms with Gasteiger partial charge in [-0.1, -0.05) is 19.3 Å². The summed E-state index contributed by atoms with van der Waals surface area (Å²) < 4.78 is 5.14. The van der Waals surface area contributed by atoms with Gasteiger partial charge >= 0.3 is 5.97 Å². The number of aliphatic carboxylic acids is 1. The number of ether oxygens (including phenoxy) is 1. The maximum atomic E-state index is 12.1. The van der Waals surface area contributed by atoms with Gasteiger partial charge in [-0.05, 0) is 18.3 Å². The number of carboxylic acid groups (broad SMARTS) is 1. The molecular formula is C15H25NO5. The third-order valence-corrected chi connectivity index (χ3v) is 4.67.